The van der Waals surface area contributed by atoms with Crippen molar-refractivity contribution in [3.05, 3.63) is 36.3 Å². The molecule has 1 aliphatic carbocycles. The molecule has 0 radical (unpaired) electrons. The summed E-state index contributed by atoms with van der Waals surface area (Å²) in [6.45, 7) is 7.75. The SMILES string of the molecule is CC(C)(C)NCC1CC1c1cn2ccccc2n1. The van der Waals surface area contributed by atoms with Crippen LogP contribution in [0.1, 0.15) is 38.8 Å². The van der Waals surface area contributed by atoms with Crippen LogP contribution in [-0.2, 0) is 0 Å². The monoisotopic (exact) mass is 243 g/mol. The van der Waals surface area contributed by atoms with E-state index in [9.17, 15) is 0 Å². The Hall–Kier alpha value is -1.35. The van der Waals surface area contributed by atoms with Crippen LogP contribution in [0.15, 0.2) is 30.6 Å². The van der Waals surface area contributed by atoms with Crippen molar-refractivity contribution in [3.8, 4) is 0 Å². The van der Waals surface area contributed by atoms with E-state index in [4.69, 9.17) is 4.98 Å². The second-order valence-corrected chi connectivity index (χ2v) is 6.37. The average molecular weight is 243 g/mol. The van der Waals surface area contributed by atoms with Gasteiger partial charge in [-0.2, -0.15) is 0 Å². The molecule has 96 valence electrons. The predicted octanol–water partition coefficient (Wildman–Crippen LogP) is 2.83. The zero-order chi connectivity index (χ0) is 12.8. The lowest BCUT2D eigenvalue weighted by molar-refractivity contribution is 0.414. The van der Waals surface area contributed by atoms with Crippen molar-refractivity contribution in [2.45, 2.75) is 38.6 Å². The molecule has 18 heavy (non-hydrogen) atoms. The molecule has 3 rings (SSSR count). The van der Waals surface area contributed by atoms with Crippen LogP contribution in [0.25, 0.3) is 5.65 Å². The van der Waals surface area contributed by atoms with Gasteiger partial charge in [0.05, 0.1) is 5.69 Å². The maximum Gasteiger partial charge on any atom is 0.136 e. The Labute approximate surface area is 108 Å². The molecule has 0 amide bonds. The molecule has 3 heteroatoms. The predicted molar refractivity (Wildman–Crippen MR) is 73.8 cm³/mol. The second-order valence-electron chi connectivity index (χ2n) is 6.37. The minimum atomic E-state index is 0.214. The molecular weight excluding hydrogens is 222 g/mol. The summed E-state index contributed by atoms with van der Waals surface area (Å²) in [4.78, 5) is 4.70. The molecule has 2 atom stereocenters. The third-order valence-corrected chi connectivity index (χ3v) is 3.58. The van der Waals surface area contributed by atoms with Crippen molar-refractivity contribution in [1.29, 1.82) is 0 Å². The Morgan fingerprint density at radius 1 is 1.39 bits per heavy atom. The van der Waals surface area contributed by atoms with Crippen molar-refractivity contribution in [2.75, 3.05) is 6.54 Å². The van der Waals surface area contributed by atoms with Crippen LogP contribution in [0.2, 0.25) is 0 Å². The molecule has 3 nitrogen and oxygen atoms in total. The number of aromatic nitrogens is 2. The van der Waals surface area contributed by atoms with Crippen molar-refractivity contribution < 1.29 is 0 Å². The normalized spacial score (nSPS) is 23.5. The first-order chi connectivity index (χ1) is 8.53. The number of pyridine rings is 1. The van der Waals surface area contributed by atoms with Crippen molar-refractivity contribution in [2.24, 2.45) is 5.92 Å². The quantitative estimate of drug-likeness (QED) is 0.898. The van der Waals surface area contributed by atoms with E-state index in [1.54, 1.807) is 0 Å². The molecule has 1 saturated carbocycles. The Bertz CT molecular complexity index is 517. The van der Waals surface area contributed by atoms with Gasteiger partial charge in [-0.1, -0.05) is 6.07 Å². The number of nitrogens with one attached hydrogen (secondary N) is 1. The summed E-state index contributed by atoms with van der Waals surface area (Å²) in [6.07, 6.45) is 5.51. The van der Waals surface area contributed by atoms with Gasteiger partial charge >= 0.3 is 0 Å². The molecule has 1 N–H and O–H groups in total. The number of fused-ring (bicyclic) bond motifs is 1. The van der Waals surface area contributed by atoms with Crippen LogP contribution in [0, 0.1) is 5.92 Å². The smallest absolute Gasteiger partial charge is 0.136 e. The highest BCUT2D eigenvalue weighted by Gasteiger charge is 2.40. The lowest BCUT2D eigenvalue weighted by Crippen LogP contribution is -2.37. The molecule has 0 aromatic carbocycles. The molecule has 0 bridgehead atoms. The summed E-state index contributed by atoms with van der Waals surface area (Å²) >= 11 is 0. The average Bonchev–Trinajstić information content (AvgIpc) is 2.96. The molecule has 2 unspecified atom stereocenters. The zero-order valence-corrected chi connectivity index (χ0v) is 11.4. The van der Waals surface area contributed by atoms with Gasteiger partial charge < -0.3 is 9.72 Å². The molecule has 0 saturated heterocycles. The first-order valence-electron chi connectivity index (χ1n) is 6.71. The van der Waals surface area contributed by atoms with Crippen molar-refractivity contribution in [3.63, 3.8) is 0 Å². The maximum absolute atomic E-state index is 4.70. The zero-order valence-electron chi connectivity index (χ0n) is 11.4. The van der Waals surface area contributed by atoms with Gasteiger partial charge in [0.2, 0.25) is 0 Å². The molecular formula is C15H21N3. The minimum Gasteiger partial charge on any atom is -0.312 e. The van der Waals surface area contributed by atoms with Gasteiger partial charge in [-0.05, 0) is 51.8 Å². The Morgan fingerprint density at radius 3 is 2.94 bits per heavy atom. The van der Waals surface area contributed by atoms with Crippen LogP contribution >= 0.6 is 0 Å². The van der Waals surface area contributed by atoms with Gasteiger partial charge in [0.15, 0.2) is 0 Å². The van der Waals surface area contributed by atoms with Crippen molar-refractivity contribution in [1.82, 2.24) is 14.7 Å². The molecule has 2 heterocycles. The van der Waals surface area contributed by atoms with Gasteiger partial charge in [-0.3, -0.25) is 0 Å². The first-order valence-corrected chi connectivity index (χ1v) is 6.71. The summed E-state index contributed by atoms with van der Waals surface area (Å²) < 4.78 is 2.11. The summed E-state index contributed by atoms with van der Waals surface area (Å²) in [5.74, 6) is 1.41. The summed E-state index contributed by atoms with van der Waals surface area (Å²) in [5.41, 5.74) is 2.52. The second kappa shape index (κ2) is 4.09. The molecule has 1 fully saturated rings. The highest BCUT2D eigenvalue weighted by atomic mass is 15.0. The van der Waals surface area contributed by atoms with Crippen molar-refractivity contribution >= 4 is 5.65 Å². The maximum atomic E-state index is 4.70. The summed E-state index contributed by atoms with van der Waals surface area (Å²) in [7, 11) is 0. The Kier molecular flexibility index (Phi) is 2.67. The summed E-state index contributed by atoms with van der Waals surface area (Å²) in [6, 6.07) is 6.15. The van der Waals surface area contributed by atoms with E-state index >= 15 is 0 Å². The summed E-state index contributed by atoms with van der Waals surface area (Å²) in [5, 5.41) is 3.58. The van der Waals surface area contributed by atoms with Gasteiger partial charge in [0.25, 0.3) is 0 Å². The standard InChI is InChI=1S/C15H21N3/c1-15(2,3)16-9-11-8-12(11)13-10-18-7-5-4-6-14(18)17-13/h4-7,10-12,16H,8-9H2,1-3H3. The molecule has 0 spiro atoms. The molecule has 1 aliphatic rings. The highest BCUT2D eigenvalue weighted by Crippen LogP contribution is 2.46. The highest BCUT2D eigenvalue weighted by molar-refractivity contribution is 5.41. The van der Waals surface area contributed by atoms with E-state index in [2.05, 4.69) is 48.9 Å². The van der Waals surface area contributed by atoms with E-state index in [0.717, 1.165) is 18.1 Å². The lowest BCUT2D eigenvalue weighted by atomic mass is 10.1. The fourth-order valence-corrected chi connectivity index (χ4v) is 2.41. The molecule has 2 aromatic rings. The third-order valence-electron chi connectivity index (χ3n) is 3.58. The van der Waals surface area contributed by atoms with E-state index in [1.165, 1.54) is 12.1 Å². The van der Waals surface area contributed by atoms with Crippen LogP contribution in [0.3, 0.4) is 0 Å². The van der Waals surface area contributed by atoms with Crippen LogP contribution in [0.4, 0.5) is 0 Å². The first kappa shape index (κ1) is 11.7. The fraction of sp³-hybridized carbons (Fsp3) is 0.533. The lowest BCUT2D eigenvalue weighted by Gasteiger charge is -2.20. The van der Waals surface area contributed by atoms with Gasteiger partial charge in [0.1, 0.15) is 5.65 Å². The Morgan fingerprint density at radius 2 is 2.22 bits per heavy atom. The van der Waals surface area contributed by atoms with Gasteiger partial charge in [-0.15, -0.1) is 0 Å². The van der Waals surface area contributed by atoms with E-state index in [0.29, 0.717) is 5.92 Å². The Balaban J connectivity index is 1.67. The number of rotatable bonds is 3. The van der Waals surface area contributed by atoms with Gasteiger partial charge in [0, 0.05) is 23.9 Å². The number of hydrogen-bond donors (Lipinski definition) is 1. The number of imidazole rings is 1. The van der Waals surface area contributed by atoms with Crippen LogP contribution in [0.5, 0.6) is 0 Å². The minimum absolute atomic E-state index is 0.214. The largest absolute Gasteiger partial charge is 0.312 e. The van der Waals surface area contributed by atoms with Gasteiger partial charge in [-0.25, -0.2) is 4.98 Å². The third kappa shape index (κ3) is 2.41. The molecule has 2 aromatic heterocycles. The number of hydrogen-bond acceptors (Lipinski definition) is 2. The van der Waals surface area contributed by atoms with Crippen LogP contribution < -0.4 is 5.32 Å². The topological polar surface area (TPSA) is 29.3 Å². The van der Waals surface area contributed by atoms with E-state index < -0.39 is 0 Å². The van der Waals surface area contributed by atoms with E-state index in [-0.39, 0.29) is 5.54 Å². The van der Waals surface area contributed by atoms with Crippen LogP contribution in [-0.4, -0.2) is 21.5 Å². The fourth-order valence-electron chi connectivity index (χ4n) is 2.41. The number of nitrogens with zero attached hydrogens (tertiary/aromatic N) is 2. The van der Waals surface area contributed by atoms with E-state index in [1.807, 2.05) is 12.1 Å². The molecule has 0 aliphatic heterocycles.